The standard InChI is InChI=1S/C15H21N3O4/c1-20-13-8-16-9-14(17-13)22-12-2-5-18(10-12)15(19)11-3-6-21-7-4-11/h8-9,11-12H,2-7,10H2,1H3. The number of ether oxygens (including phenoxy) is 3. The number of hydrogen-bond donors (Lipinski definition) is 0. The molecule has 0 N–H and O–H groups in total. The first-order valence-corrected chi connectivity index (χ1v) is 7.65. The van der Waals surface area contributed by atoms with Gasteiger partial charge in [-0.3, -0.25) is 9.78 Å². The van der Waals surface area contributed by atoms with E-state index in [9.17, 15) is 4.79 Å². The maximum atomic E-state index is 12.5. The van der Waals surface area contributed by atoms with Crippen molar-refractivity contribution in [1.82, 2.24) is 14.9 Å². The predicted octanol–water partition coefficient (Wildman–Crippen LogP) is 0.891. The van der Waals surface area contributed by atoms with Gasteiger partial charge in [0, 0.05) is 32.1 Å². The second-order valence-electron chi connectivity index (χ2n) is 5.60. The molecule has 7 heteroatoms. The van der Waals surface area contributed by atoms with E-state index < -0.39 is 0 Å². The molecule has 0 radical (unpaired) electrons. The summed E-state index contributed by atoms with van der Waals surface area (Å²) in [5.74, 6) is 1.19. The van der Waals surface area contributed by atoms with E-state index in [0.717, 1.165) is 25.8 Å². The van der Waals surface area contributed by atoms with Gasteiger partial charge < -0.3 is 19.1 Å². The molecule has 1 aromatic rings. The van der Waals surface area contributed by atoms with Gasteiger partial charge in [0.05, 0.1) is 26.0 Å². The number of aromatic nitrogens is 2. The summed E-state index contributed by atoms with van der Waals surface area (Å²) in [7, 11) is 1.54. The molecule has 3 heterocycles. The number of amides is 1. The van der Waals surface area contributed by atoms with E-state index in [4.69, 9.17) is 14.2 Å². The fourth-order valence-corrected chi connectivity index (χ4v) is 2.88. The van der Waals surface area contributed by atoms with Crippen molar-refractivity contribution in [3.05, 3.63) is 12.4 Å². The van der Waals surface area contributed by atoms with Crippen LogP contribution in [-0.4, -0.2) is 60.3 Å². The van der Waals surface area contributed by atoms with Crippen LogP contribution in [-0.2, 0) is 9.53 Å². The highest BCUT2D eigenvalue weighted by atomic mass is 16.5. The third kappa shape index (κ3) is 3.47. The SMILES string of the molecule is COc1cncc(OC2CCN(C(=O)C3CCOCC3)C2)n1. The van der Waals surface area contributed by atoms with Crippen molar-refractivity contribution in [3.63, 3.8) is 0 Å². The normalized spacial score (nSPS) is 22.6. The Kier molecular flexibility index (Phi) is 4.72. The molecule has 0 bridgehead atoms. The van der Waals surface area contributed by atoms with E-state index in [0.29, 0.717) is 31.5 Å². The van der Waals surface area contributed by atoms with Crippen molar-refractivity contribution in [3.8, 4) is 11.8 Å². The van der Waals surface area contributed by atoms with Crippen LogP contribution in [0.4, 0.5) is 0 Å². The molecule has 3 rings (SSSR count). The Balaban J connectivity index is 1.54. The van der Waals surface area contributed by atoms with Crippen molar-refractivity contribution in [2.45, 2.75) is 25.4 Å². The molecule has 1 amide bonds. The summed E-state index contributed by atoms with van der Waals surface area (Å²) in [5, 5.41) is 0. The second kappa shape index (κ2) is 6.91. The fraction of sp³-hybridized carbons (Fsp3) is 0.667. The lowest BCUT2D eigenvalue weighted by Crippen LogP contribution is -2.38. The van der Waals surface area contributed by atoms with Gasteiger partial charge in [-0.05, 0) is 12.8 Å². The van der Waals surface area contributed by atoms with Crippen molar-refractivity contribution >= 4 is 5.91 Å². The van der Waals surface area contributed by atoms with Crippen LogP contribution in [0.15, 0.2) is 12.4 Å². The van der Waals surface area contributed by atoms with Gasteiger partial charge in [-0.15, -0.1) is 0 Å². The minimum Gasteiger partial charge on any atom is -0.480 e. The van der Waals surface area contributed by atoms with E-state index in [1.54, 1.807) is 6.20 Å². The first-order chi connectivity index (χ1) is 10.8. The van der Waals surface area contributed by atoms with Crippen LogP contribution >= 0.6 is 0 Å². The summed E-state index contributed by atoms with van der Waals surface area (Å²) in [6, 6.07) is 0. The number of carbonyl (C=O) groups excluding carboxylic acids is 1. The molecule has 0 aromatic carbocycles. The molecule has 22 heavy (non-hydrogen) atoms. The zero-order chi connectivity index (χ0) is 15.4. The summed E-state index contributed by atoms with van der Waals surface area (Å²) in [6.45, 7) is 2.71. The van der Waals surface area contributed by atoms with Crippen molar-refractivity contribution in [2.75, 3.05) is 33.4 Å². The Morgan fingerprint density at radius 1 is 1.27 bits per heavy atom. The van der Waals surface area contributed by atoms with Crippen LogP contribution in [0.5, 0.6) is 11.8 Å². The monoisotopic (exact) mass is 307 g/mol. The van der Waals surface area contributed by atoms with E-state index in [-0.39, 0.29) is 17.9 Å². The van der Waals surface area contributed by atoms with Crippen LogP contribution in [0, 0.1) is 5.92 Å². The molecule has 2 aliphatic heterocycles. The van der Waals surface area contributed by atoms with Gasteiger partial charge in [0.25, 0.3) is 0 Å². The van der Waals surface area contributed by atoms with Crippen LogP contribution in [0.3, 0.4) is 0 Å². The van der Waals surface area contributed by atoms with Gasteiger partial charge in [-0.1, -0.05) is 0 Å². The Labute approximate surface area is 129 Å². The molecule has 1 unspecified atom stereocenters. The van der Waals surface area contributed by atoms with Crippen molar-refractivity contribution in [1.29, 1.82) is 0 Å². The number of nitrogens with zero attached hydrogens (tertiary/aromatic N) is 3. The number of carbonyl (C=O) groups is 1. The first-order valence-electron chi connectivity index (χ1n) is 7.65. The van der Waals surface area contributed by atoms with Crippen LogP contribution in [0.1, 0.15) is 19.3 Å². The molecule has 2 saturated heterocycles. The van der Waals surface area contributed by atoms with Gasteiger partial charge in [-0.25, -0.2) is 0 Å². The maximum Gasteiger partial charge on any atom is 0.235 e. The summed E-state index contributed by atoms with van der Waals surface area (Å²) in [5.41, 5.74) is 0. The molecule has 7 nitrogen and oxygen atoms in total. The number of rotatable bonds is 4. The van der Waals surface area contributed by atoms with Crippen LogP contribution in [0.25, 0.3) is 0 Å². The molecular formula is C15H21N3O4. The topological polar surface area (TPSA) is 73.8 Å². The predicted molar refractivity (Wildman–Crippen MR) is 77.7 cm³/mol. The Hall–Kier alpha value is -1.89. The summed E-state index contributed by atoms with van der Waals surface area (Å²) in [4.78, 5) is 22.6. The summed E-state index contributed by atoms with van der Waals surface area (Å²) < 4.78 is 16.2. The second-order valence-corrected chi connectivity index (χ2v) is 5.60. The lowest BCUT2D eigenvalue weighted by molar-refractivity contribution is -0.137. The first kappa shape index (κ1) is 15.0. The quantitative estimate of drug-likeness (QED) is 0.822. The van der Waals surface area contributed by atoms with Crippen LogP contribution < -0.4 is 9.47 Å². The zero-order valence-corrected chi connectivity index (χ0v) is 12.7. The molecule has 120 valence electrons. The maximum absolute atomic E-state index is 12.5. The minimum atomic E-state index is -0.0369. The smallest absolute Gasteiger partial charge is 0.235 e. The van der Waals surface area contributed by atoms with E-state index >= 15 is 0 Å². The lowest BCUT2D eigenvalue weighted by atomic mass is 9.99. The van der Waals surface area contributed by atoms with Crippen molar-refractivity contribution < 1.29 is 19.0 Å². The van der Waals surface area contributed by atoms with Gasteiger partial charge in [0.1, 0.15) is 6.10 Å². The minimum absolute atomic E-state index is 0.0369. The zero-order valence-electron chi connectivity index (χ0n) is 12.7. The van der Waals surface area contributed by atoms with E-state index in [1.165, 1.54) is 13.3 Å². The number of methoxy groups -OCH3 is 1. The van der Waals surface area contributed by atoms with Gasteiger partial charge >= 0.3 is 0 Å². The Bertz CT molecular complexity index is 519. The third-order valence-electron chi connectivity index (χ3n) is 4.11. The molecule has 0 spiro atoms. The highest BCUT2D eigenvalue weighted by Crippen LogP contribution is 2.23. The van der Waals surface area contributed by atoms with Crippen molar-refractivity contribution in [2.24, 2.45) is 5.92 Å². The molecule has 0 saturated carbocycles. The Morgan fingerprint density at radius 3 is 2.82 bits per heavy atom. The highest BCUT2D eigenvalue weighted by molar-refractivity contribution is 5.79. The average Bonchev–Trinajstić information content (AvgIpc) is 3.03. The third-order valence-corrected chi connectivity index (χ3v) is 4.11. The molecule has 1 atom stereocenters. The Morgan fingerprint density at radius 2 is 2.05 bits per heavy atom. The number of likely N-dealkylation sites (tertiary alicyclic amines) is 1. The van der Waals surface area contributed by atoms with Gasteiger partial charge in [0.2, 0.25) is 17.7 Å². The van der Waals surface area contributed by atoms with Gasteiger partial charge in [-0.2, -0.15) is 4.98 Å². The highest BCUT2D eigenvalue weighted by Gasteiger charge is 2.32. The number of hydrogen-bond acceptors (Lipinski definition) is 6. The molecule has 2 aliphatic rings. The molecule has 0 aliphatic carbocycles. The summed E-state index contributed by atoms with van der Waals surface area (Å²) >= 11 is 0. The fourth-order valence-electron chi connectivity index (χ4n) is 2.88. The van der Waals surface area contributed by atoms with Gasteiger partial charge in [0.15, 0.2) is 0 Å². The van der Waals surface area contributed by atoms with E-state index in [1.807, 2.05) is 4.90 Å². The summed E-state index contributed by atoms with van der Waals surface area (Å²) in [6.07, 6.45) is 5.51. The average molecular weight is 307 g/mol. The largest absolute Gasteiger partial charge is 0.480 e. The van der Waals surface area contributed by atoms with E-state index in [2.05, 4.69) is 9.97 Å². The lowest BCUT2D eigenvalue weighted by Gasteiger charge is -2.26. The molecule has 1 aromatic heterocycles. The molecular weight excluding hydrogens is 286 g/mol. The molecule has 2 fully saturated rings. The van der Waals surface area contributed by atoms with Crippen LogP contribution in [0.2, 0.25) is 0 Å².